The van der Waals surface area contributed by atoms with Crippen LogP contribution >= 0.6 is 11.3 Å². The van der Waals surface area contributed by atoms with Crippen LogP contribution in [-0.2, 0) is 6.61 Å². The van der Waals surface area contributed by atoms with Gasteiger partial charge in [-0.25, -0.2) is 4.98 Å². The topological polar surface area (TPSA) is 48.9 Å². The van der Waals surface area contributed by atoms with Gasteiger partial charge in [-0.1, -0.05) is 17.7 Å². The van der Waals surface area contributed by atoms with Crippen molar-refractivity contribution in [2.45, 2.75) is 52.2 Å². The van der Waals surface area contributed by atoms with Crippen LogP contribution in [0.15, 0.2) is 41.8 Å². The summed E-state index contributed by atoms with van der Waals surface area (Å²) in [5, 5.41) is 3.32. The second-order valence-electron chi connectivity index (χ2n) is 12.1. The number of fused-ring (bicyclic) bond motifs is 2. The Hall–Kier alpha value is -2.90. The second-order valence-corrected chi connectivity index (χ2v) is 12.9. The lowest BCUT2D eigenvalue weighted by molar-refractivity contribution is 0.0783. The lowest BCUT2D eigenvalue weighted by atomic mass is 9.99. The number of piperidine rings is 1. The quantitative estimate of drug-likeness (QED) is 0.364. The molecule has 1 saturated carbocycles. The normalized spacial score (nSPS) is 22.6. The van der Waals surface area contributed by atoms with Crippen molar-refractivity contribution in [3.05, 3.63) is 64.0 Å². The van der Waals surface area contributed by atoms with Gasteiger partial charge in [-0.3, -0.25) is 4.79 Å². The molecule has 39 heavy (non-hydrogen) atoms. The third-order valence-corrected chi connectivity index (χ3v) is 9.84. The van der Waals surface area contributed by atoms with Gasteiger partial charge in [0, 0.05) is 48.7 Å². The van der Waals surface area contributed by atoms with Crippen molar-refractivity contribution in [2.24, 2.45) is 11.8 Å². The molecule has 1 aliphatic carbocycles. The molecule has 206 valence electrons. The van der Waals surface area contributed by atoms with E-state index in [-0.39, 0.29) is 5.91 Å². The number of hydrogen-bond donors (Lipinski definition) is 0. The summed E-state index contributed by atoms with van der Waals surface area (Å²) >= 11 is 1.75. The van der Waals surface area contributed by atoms with Gasteiger partial charge in [0.1, 0.15) is 12.4 Å². The second kappa shape index (κ2) is 10.9. The number of aryl methyl sites for hydroxylation is 2. The van der Waals surface area contributed by atoms with Gasteiger partial charge in [0.2, 0.25) is 0 Å². The summed E-state index contributed by atoms with van der Waals surface area (Å²) in [6.07, 6.45) is 5.18. The van der Waals surface area contributed by atoms with Crippen LogP contribution in [0, 0.1) is 25.7 Å². The van der Waals surface area contributed by atoms with Crippen LogP contribution in [0.1, 0.15) is 52.7 Å². The Bertz CT molecular complexity index is 1340. The molecular weight excluding hydrogens is 504 g/mol. The van der Waals surface area contributed by atoms with E-state index in [1.54, 1.807) is 11.3 Å². The molecule has 3 atom stereocenters. The average molecular weight is 545 g/mol. The van der Waals surface area contributed by atoms with E-state index < -0.39 is 0 Å². The van der Waals surface area contributed by atoms with Gasteiger partial charge in [-0.05, 0) is 101 Å². The van der Waals surface area contributed by atoms with Gasteiger partial charge in [0.25, 0.3) is 5.91 Å². The molecule has 0 spiro atoms. The van der Waals surface area contributed by atoms with Crippen molar-refractivity contribution < 1.29 is 9.53 Å². The van der Waals surface area contributed by atoms with E-state index in [2.05, 4.69) is 61.3 Å². The monoisotopic (exact) mass is 544 g/mol. The maximum Gasteiger partial charge on any atom is 0.253 e. The third-order valence-electron chi connectivity index (χ3n) is 8.93. The maximum atomic E-state index is 13.1. The molecule has 7 heteroatoms. The van der Waals surface area contributed by atoms with Gasteiger partial charge in [0.15, 0.2) is 5.13 Å². The number of hydrogen-bond acceptors (Lipinski definition) is 6. The summed E-state index contributed by atoms with van der Waals surface area (Å²) in [4.78, 5) is 24.9. The number of nitrogens with zero attached hydrogens (tertiary/aromatic N) is 4. The Morgan fingerprint density at radius 2 is 1.85 bits per heavy atom. The van der Waals surface area contributed by atoms with Crippen molar-refractivity contribution in [3.8, 4) is 17.0 Å². The fourth-order valence-corrected chi connectivity index (χ4v) is 7.39. The zero-order chi connectivity index (χ0) is 27.1. The maximum absolute atomic E-state index is 13.1. The van der Waals surface area contributed by atoms with Crippen molar-refractivity contribution in [1.82, 2.24) is 14.8 Å². The van der Waals surface area contributed by atoms with Crippen LogP contribution in [0.25, 0.3) is 11.3 Å². The van der Waals surface area contributed by atoms with Crippen molar-refractivity contribution >= 4 is 22.4 Å². The van der Waals surface area contributed by atoms with E-state index in [0.717, 1.165) is 83.3 Å². The van der Waals surface area contributed by atoms with E-state index >= 15 is 0 Å². The minimum atomic E-state index is 0.122. The number of rotatable bonds is 7. The molecular formula is C32H40N4O2S. The minimum Gasteiger partial charge on any atom is -0.488 e. The Morgan fingerprint density at radius 3 is 2.56 bits per heavy atom. The fourth-order valence-electron chi connectivity index (χ4n) is 6.54. The number of carbonyl (C=O) groups excluding carboxylic acids is 1. The Morgan fingerprint density at radius 1 is 1.05 bits per heavy atom. The van der Waals surface area contributed by atoms with E-state index in [1.165, 1.54) is 24.8 Å². The SMILES string of the molecule is Cc1ccc(OCc2ccc(C(=O)N3CCC(N(C)C)C3)cc2C)c(-c2csc(N3CC4CC[C@@H](C4)C3)n2)c1. The molecule has 0 radical (unpaired) electrons. The standard InChI is InChI=1S/C32H40N4O2S/c1-21-5-10-30(28(13-21)29-20-39-32(33-29)36-16-23-6-7-24(15-23)17-36)38-19-26-9-8-25(14-22(26)2)31(37)35-12-11-27(18-35)34(3)4/h5,8-10,13-14,20,23-24,27H,6-7,11-12,15-19H2,1-4H3/t23-,24?,27?/m0/s1. The highest BCUT2D eigenvalue weighted by Gasteiger charge is 2.34. The molecule has 1 amide bonds. The van der Waals surface area contributed by atoms with Crippen LogP contribution in [0.2, 0.25) is 0 Å². The molecule has 3 heterocycles. The van der Waals surface area contributed by atoms with E-state index in [4.69, 9.17) is 9.72 Å². The molecule has 2 aromatic carbocycles. The first-order chi connectivity index (χ1) is 18.8. The largest absolute Gasteiger partial charge is 0.488 e. The molecule has 2 aliphatic heterocycles. The smallest absolute Gasteiger partial charge is 0.253 e. The highest BCUT2D eigenvalue weighted by Crippen LogP contribution is 2.40. The van der Waals surface area contributed by atoms with E-state index in [9.17, 15) is 4.79 Å². The first-order valence-corrected chi connectivity index (χ1v) is 15.2. The number of aromatic nitrogens is 1. The van der Waals surface area contributed by atoms with E-state index in [0.29, 0.717) is 12.6 Å². The van der Waals surface area contributed by atoms with Gasteiger partial charge in [-0.15, -0.1) is 11.3 Å². The number of benzene rings is 2. The molecule has 2 saturated heterocycles. The van der Waals surface area contributed by atoms with Gasteiger partial charge in [-0.2, -0.15) is 0 Å². The molecule has 3 aliphatic rings. The first-order valence-electron chi connectivity index (χ1n) is 14.3. The summed E-state index contributed by atoms with van der Waals surface area (Å²) < 4.78 is 6.40. The Kier molecular flexibility index (Phi) is 7.38. The zero-order valence-electron chi connectivity index (χ0n) is 23.7. The molecule has 6 nitrogen and oxygen atoms in total. The molecule has 3 aromatic rings. The van der Waals surface area contributed by atoms with Crippen molar-refractivity contribution in [2.75, 3.05) is 45.2 Å². The summed E-state index contributed by atoms with van der Waals surface area (Å²) in [6, 6.07) is 12.8. The average Bonchev–Trinajstić information content (AvgIpc) is 3.68. The van der Waals surface area contributed by atoms with Crippen LogP contribution in [0.3, 0.4) is 0 Å². The molecule has 3 fully saturated rings. The predicted molar refractivity (Wildman–Crippen MR) is 159 cm³/mol. The summed E-state index contributed by atoms with van der Waals surface area (Å²) in [6.45, 7) is 8.54. The number of anilines is 1. The van der Waals surface area contributed by atoms with Gasteiger partial charge >= 0.3 is 0 Å². The number of carbonyl (C=O) groups is 1. The summed E-state index contributed by atoms with van der Waals surface area (Å²) in [5.74, 6) is 2.65. The van der Waals surface area contributed by atoms with Crippen molar-refractivity contribution in [1.29, 1.82) is 0 Å². The number of thiazole rings is 1. The number of likely N-dealkylation sites (tertiary alicyclic amines) is 1. The third kappa shape index (κ3) is 5.57. The first kappa shape index (κ1) is 26.3. The van der Waals surface area contributed by atoms with E-state index in [1.807, 2.05) is 23.1 Å². The summed E-state index contributed by atoms with van der Waals surface area (Å²) in [7, 11) is 4.17. The van der Waals surface area contributed by atoms with Crippen LogP contribution in [-0.4, -0.2) is 67.0 Å². The Balaban J connectivity index is 1.15. The lowest BCUT2D eigenvalue weighted by Gasteiger charge is -2.31. The zero-order valence-corrected chi connectivity index (χ0v) is 24.5. The molecule has 2 bridgehead atoms. The van der Waals surface area contributed by atoms with Crippen LogP contribution in [0.5, 0.6) is 5.75 Å². The lowest BCUT2D eigenvalue weighted by Crippen LogP contribution is -2.36. The molecule has 6 rings (SSSR count). The predicted octanol–water partition coefficient (Wildman–Crippen LogP) is 6.02. The highest BCUT2D eigenvalue weighted by atomic mass is 32.1. The van der Waals surface area contributed by atoms with Gasteiger partial charge < -0.3 is 19.4 Å². The molecule has 1 aromatic heterocycles. The summed E-state index contributed by atoms with van der Waals surface area (Å²) in [5.41, 5.74) is 6.16. The Labute approximate surface area is 236 Å². The minimum absolute atomic E-state index is 0.122. The molecule has 2 unspecified atom stereocenters. The van der Waals surface area contributed by atoms with Crippen molar-refractivity contribution in [3.63, 3.8) is 0 Å². The molecule has 0 N–H and O–H groups in total. The fraction of sp³-hybridized carbons (Fsp3) is 0.500. The van der Waals surface area contributed by atoms with Gasteiger partial charge in [0.05, 0.1) is 5.69 Å². The van der Waals surface area contributed by atoms with Crippen LogP contribution < -0.4 is 9.64 Å². The number of ether oxygens (including phenoxy) is 1. The highest BCUT2D eigenvalue weighted by molar-refractivity contribution is 7.14. The number of amides is 1. The number of likely N-dealkylation sites (N-methyl/N-ethyl adjacent to an activating group) is 1. The van der Waals surface area contributed by atoms with Crippen LogP contribution in [0.4, 0.5) is 5.13 Å².